The zero-order valence-electron chi connectivity index (χ0n) is 18.3. The quantitative estimate of drug-likeness (QED) is 0.341. The van der Waals surface area contributed by atoms with Crippen molar-refractivity contribution in [3.63, 3.8) is 0 Å². The number of ether oxygens (including phenoxy) is 1. The molecule has 1 aromatic rings. The van der Waals surface area contributed by atoms with Crippen LogP contribution in [-0.2, 0) is 15.8 Å². The van der Waals surface area contributed by atoms with E-state index in [4.69, 9.17) is 9.16 Å². The molecule has 0 unspecified atom stereocenters. The molecule has 2 nitrogen and oxygen atoms in total. The molecule has 26 heavy (non-hydrogen) atoms. The van der Waals surface area contributed by atoms with Crippen LogP contribution in [-0.4, -0.2) is 39.4 Å². The molecule has 0 radical (unpaired) electrons. The Morgan fingerprint density at radius 3 is 2.19 bits per heavy atom. The molecule has 0 heterocycles. The minimum absolute atomic E-state index is 0.157. The van der Waals surface area contributed by atoms with Crippen LogP contribution in [0.5, 0.6) is 0 Å². The van der Waals surface area contributed by atoms with E-state index in [1.165, 1.54) is 9.15 Å². The Morgan fingerprint density at radius 2 is 1.69 bits per heavy atom. The number of hydrogen-bond donors (Lipinski definition) is 0. The molecule has 0 spiro atoms. The van der Waals surface area contributed by atoms with E-state index in [1.807, 2.05) is 6.07 Å². The van der Waals surface area contributed by atoms with Crippen molar-refractivity contribution < 1.29 is 9.16 Å². The first-order chi connectivity index (χ1) is 11.8. The summed E-state index contributed by atoms with van der Waals surface area (Å²) >= 11 is -2.02. The van der Waals surface area contributed by atoms with Crippen LogP contribution in [0, 0.1) is 0 Å². The van der Waals surface area contributed by atoms with Crippen LogP contribution >= 0.6 is 0 Å². The zero-order valence-corrected chi connectivity index (χ0v) is 22.2. The normalized spacial score (nSPS) is 14.3. The van der Waals surface area contributed by atoms with E-state index >= 15 is 0 Å². The van der Waals surface area contributed by atoms with Gasteiger partial charge in [0.2, 0.25) is 0 Å². The van der Waals surface area contributed by atoms with Crippen LogP contribution in [0.25, 0.3) is 0 Å². The molecular formula is C22H40O2SiSn. The average Bonchev–Trinajstić information content (AvgIpc) is 2.50. The van der Waals surface area contributed by atoms with E-state index in [-0.39, 0.29) is 11.1 Å². The van der Waals surface area contributed by atoms with Gasteiger partial charge in [-0.3, -0.25) is 0 Å². The van der Waals surface area contributed by atoms with Crippen molar-refractivity contribution in [1.29, 1.82) is 0 Å². The monoisotopic (exact) mass is 484 g/mol. The number of hydrogen-bond acceptors (Lipinski definition) is 2. The van der Waals surface area contributed by atoms with Crippen molar-refractivity contribution in [2.24, 2.45) is 0 Å². The van der Waals surface area contributed by atoms with Crippen LogP contribution in [0.15, 0.2) is 40.5 Å². The van der Waals surface area contributed by atoms with E-state index in [0.717, 1.165) is 12.8 Å². The molecule has 1 atom stereocenters. The van der Waals surface area contributed by atoms with Gasteiger partial charge >= 0.3 is 168 Å². The molecule has 148 valence electrons. The predicted molar refractivity (Wildman–Crippen MR) is 120 cm³/mol. The van der Waals surface area contributed by atoms with Gasteiger partial charge < -0.3 is 0 Å². The topological polar surface area (TPSA) is 18.5 Å². The van der Waals surface area contributed by atoms with Gasteiger partial charge in [-0.05, 0) is 0 Å². The summed E-state index contributed by atoms with van der Waals surface area (Å²) in [6, 6.07) is 10.4. The summed E-state index contributed by atoms with van der Waals surface area (Å²) in [6.45, 7) is 17.2. The standard InChI is InChI=1S/C19H31O2Si.3CH3.Sn/c1-7-8-14-18(21-22(5,6)19(2,3)4)16-20-15-17-12-10-9-11-13-17;;;;/h9-13,18H,1,8,14-16H2,2-6H3;3*1H3;/t18-;;;;/m0..../s1. The fourth-order valence-electron chi connectivity index (χ4n) is 2.36. The van der Waals surface area contributed by atoms with Gasteiger partial charge in [-0.1, -0.05) is 0 Å². The molecule has 1 rings (SSSR count). The average molecular weight is 483 g/mol. The summed E-state index contributed by atoms with van der Waals surface area (Å²) in [5.41, 5.74) is 1.22. The van der Waals surface area contributed by atoms with E-state index in [0.29, 0.717) is 13.2 Å². The van der Waals surface area contributed by atoms with Crippen LogP contribution in [0.2, 0.25) is 33.0 Å². The van der Waals surface area contributed by atoms with Gasteiger partial charge in [-0.2, -0.15) is 0 Å². The van der Waals surface area contributed by atoms with Crippen molar-refractivity contribution >= 4 is 26.7 Å². The van der Waals surface area contributed by atoms with Gasteiger partial charge in [0.15, 0.2) is 0 Å². The molecule has 0 amide bonds. The Kier molecular flexibility index (Phi) is 9.11. The minimum atomic E-state index is -2.02. The Morgan fingerprint density at radius 1 is 1.12 bits per heavy atom. The van der Waals surface area contributed by atoms with E-state index in [2.05, 4.69) is 79.5 Å². The van der Waals surface area contributed by atoms with E-state index in [1.54, 1.807) is 0 Å². The SMILES string of the molecule is C=[C](CC[C@@H](COCc1ccccc1)O[Si](C)(C)C(C)(C)C)[Sn]([CH3])([CH3])[CH3]. The van der Waals surface area contributed by atoms with Crippen molar-refractivity contribution in [3.05, 3.63) is 46.1 Å². The summed E-state index contributed by atoms with van der Waals surface area (Å²) in [5, 5.41) is 0.213. The van der Waals surface area contributed by atoms with Gasteiger partial charge in [0.25, 0.3) is 0 Å². The van der Waals surface area contributed by atoms with Crippen LogP contribution in [0.4, 0.5) is 0 Å². The number of allylic oxidation sites excluding steroid dienone is 1. The van der Waals surface area contributed by atoms with E-state index in [9.17, 15) is 0 Å². The second-order valence-corrected chi connectivity index (χ2v) is 29.5. The summed E-state index contributed by atoms with van der Waals surface area (Å²) < 4.78 is 14.2. The molecule has 0 fully saturated rings. The van der Waals surface area contributed by atoms with Gasteiger partial charge in [0.1, 0.15) is 0 Å². The maximum atomic E-state index is 6.70. The van der Waals surface area contributed by atoms with Crippen LogP contribution in [0.3, 0.4) is 0 Å². The summed E-state index contributed by atoms with van der Waals surface area (Å²) in [6.07, 6.45) is 2.26. The zero-order chi connectivity index (χ0) is 20.0. The Hall–Kier alpha value is -0.104. The van der Waals surface area contributed by atoms with Crippen molar-refractivity contribution in [3.8, 4) is 0 Å². The predicted octanol–water partition coefficient (Wildman–Crippen LogP) is 6.81. The first-order valence-corrected chi connectivity index (χ1v) is 22.7. The number of rotatable bonds is 10. The molecule has 0 aromatic heterocycles. The van der Waals surface area contributed by atoms with Crippen LogP contribution in [0.1, 0.15) is 39.2 Å². The Bertz CT molecular complexity index is 556. The molecule has 0 saturated heterocycles. The fraction of sp³-hybridized carbons (Fsp3) is 0.636. The van der Waals surface area contributed by atoms with Crippen molar-refractivity contribution in [2.75, 3.05) is 6.61 Å². The van der Waals surface area contributed by atoms with Crippen molar-refractivity contribution in [1.82, 2.24) is 0 Å². The van der Waals surface area contributed by atoms with Gasteiger partial charge in [0, 0.05) is 0 Å². The summed E-state index contributed by atoms with van der Waals surface area (Å²) in [5.74, 6) is 0. The molecule has 0 aliphatic rings. The van der Waals surface area contributed by atoms with E-state index < -0.39 is 26.7 Å². The third-order valence-corrected chi connectivity index (χ3v) is 16.8. The molecule has 0 aliphatic carbocycles. The van der Waals surface area contributed by atoms with Gasteiger partial charge in [-0.25, -0.2) is 0 Å². The Balaban J connectivity index is 2.69. The van der Waals surface area contributed by atoms with Gasteiger partial charge in [0.05, 0.1) is 0 Å². The van der Waals surface area contributed by atoms with Gasteiger partial charge in [-0.15, -0.1) is 0 Å². The first kappa shape index (κ1) is 23.9. The fourth-order valence-corrected chi connectivity index (χ4v) is 6.29. The third kappa shape index (κ3) is 8.28. The molecular weight excluding hydrogens is 443 g/mol. The van der Waals surface area contributed by atoms with Crippen LogP contribution < -0.4 is 0 Å². The molecule has 4 heteroatoms. The first-order valence-electron chi connectivity index (χ1n) is 9.81. The maximum absolute atomic E-state index is 6.70. The second kappa shape index (κ2) is 9.90. The van der Waals surface area contributed by atoms with Crippen molar-refractivity contribution in [2.45, 2.75) is 79.3 Å². The third-order valence-electron chi connectivity index (χ3n) is 5.51. The second-order valence-electron chi connectivity index (χ2n) is 9.89. The number of benzene rings is 1. The Labute approximate surface area is 167 Å². The summed E-state index contributed by atoms with van der Waals surface area (Å²) in [4.78, 5) is 7.31. The molecule has 1 aromatic carbocycles. The molecule has 0 bridgehead atoms. The molecule has 0 N–H and O–H groups in total. The molecule has 0 aliphatic heterocycles. The molecule has 0 saturated carbocycles. The summed E-state index contributed by atoms with van der Waals surface area (Å²) in [7, 11) is -1.81.